The van der Waals surface area contributed by atoms with E-state index >= 15 is 0 Å². The van der Waals surface area contributed by atoms with Crippen molar-refractivity contribution in [3.05, 3.63) is 23.6 Å². The van der Waals surface area contributed by atoms with Crippen molar-refractivity contribution in [3.63, 3.8) is 0 Å². The summed E-state index contributed by atoms with van der Waals surface area (Å²) >= 11 is 1.28. The van der Waals surface area contributed by atoms with Crippen molar-refractivity contribution < 1.29 is 22.7 Å². The number of benzene rings is 1. The van der Waals surface area contributed by atoms with Crippen LogP contribution in [0.5, 0.6) is 11.5 Å². The summed E-state index contributed by atoms with van der Waals surface area (Å²) in [4.78, 5) is 17.1. The number of hydrogen-bond donors (Lipinski definition) is 1. The van der Waals surface area contributed by atoms with E-state index in [-0.39, 0.29) is 5.91 Å². The Morgan fingerprint density at radius 2 is 2.07 bits per heavy atom. The zero-order chi connectivity index (χ0) is 20.3. The quantitative estimate of drug-likeness (QED) is 0.764. The van der Waals surface area contributed by atoms with Gasteiger partial charge in [-0.2, -0.15) is 4.31 Å². The number of hydrogen-bond acceptors (Lipinski definition) is 7. The first kappa shape index (κ1) is 20.6. The number of ether oxygens (including phenoxy) is 2. The topological polar surface area (TPSA) is 97.8 Å². The molecule has 3 rings (SSSR count). The average molecular weight is 426 g/mol. The number of nitrogens with zero attached hydrogens (tertiary/aromatic N) is 2. The largest absolute Gasteiger partial charge is 0.497 e. The van der Waals surface area contributed by atoms with Gasteiger partial charge in [0, 0.05) is 23.6 Å². The average Bonchev–Trinajstić information content (AvgIpc) is 3.14. The highest BCUT2D eigenvalue weighted by Gasteiger charge is 2.34. The molecule has 1 amide bonds. The third-order valence-corrected chi connectivity index (χ3v) is 6.65. The van der Waals surface area contributed by atoms with Gasteiger partial charge in [0.15, 0.2) is 5.13 Å². The molecule has 1 N–H and O–H groups in total. The molecule has 152 valence electrons. The maximum Gasteiger partial charge on any atom is 0.244 e. The second-order valence-electron chi connectivity index (χ2n) is 6.48. The number of nitrogens with one attached hydrogen (secondary N) is 1. The fourth-order valence-corrected chi connectivity index (χ4v) is 5.06. The minimum absolute atomic E-state index is 0.354. The Hall–Kier alpha value is -2.17. The molecular weight excluding hydrogens is 402 g/mol. The van der Waals surface area contributed by atoms with Gasteiger partial charge in [0.25, 0.3) is 0 Å². The first-order valence-electron chi connectivity index (χ1n) is 8.79. The molecule has 0 spiro atoms. The predicted molar refractivity (Wildman–Crippen MR) is 108 cm³/mol. The highest BCUT2D eigenvalue weighted by atomic mass is 32.2. The smallest absolute Gasteiger partial charge is 0.244 e. The molecule has 1 aliphatic heterocycles. The Bertz CT molecular complexity index is 958. The molecule has 0 bridgehead atoms. The van der Waals surface area contributed by atoms with E-state index in [0.29, 0.717) is 35.3 Å². The number of amides is 1. The SMILES string of the molecule is COc1ccc(-c2csc(NC(=O)C3CCCCN3S(C)(=O)=O)n2)c(OC)c1. The van der Waals surface area contributed by atoms with Gasteiger partial charge < -0.3 is 14.8 Å². The zero-order valence-electron chi connectivity index (χ0n) is 16.0. The van der Waals surface area contributed by atoms with E-state index in [9.17, 15) is 13.2 Å². The van der Waals surface area contributed by atoms with Crippen molar-refractivity contribution in [2.24, 2.45) is 0 Å². The summed E-state index contributed by atoms with van der Waals surface area (Å²) in [5.41, 5.74) is 1.43. The first-order chi connectivity index (χ1) is 13.3. The van der Waals surface area contributed by atoms with Crippen molar-refractivity contribution in [2.45, 2.75) is 25.3 Å². The molecule has 1 aliphatic rings. The van der Waals surface area contributed by atoms with Crippen LogP contribution in [-0.2, 0) is 14.8 Å². The maximum atomic E-state index is 12.7. The van der Waals surface area contributed by atoms with Crippen molar-refractivity contribution in [3.8, 4) is 22.8 Å². The van der Waals surface area contributed by atoms with Crippen molar-refractivity contribution in [2.75, 3.05) is 32.3 Å². The Labute approximate surface area is 168 Å². The molecule has 0 radical (unpaired) electrons. The van der Waals surface area contributed by atoms with Crippen LogP contribution in [-0.4, -0.2) is 56.7 Å². The summed E-state index contributed by atoms with van der Waals surface area (Å²) in [5.74, 6) is 0.924. The van der Waals surface area contributed by atoms with Crippen LogP contribution in [0.3, 0.4) is 0 Å². The monoisotopic (exact) mass is 425 g/mol. The van der Waals surface area contributed by atoms with E-state index in [0.717, 1.165) is 24.7 Å². The molecule has 1 saturated heterocycles. The Morgan fingerprint density at radius 3 is 2.75 bits per heavy atom. The summed E-state index contributed by atoms with van der Waals surface area (Å²) in [6, 6.07) is 4.71. The van der Waals surface area contributed by atoms with Crippen molar-refractivity contribution in [1.29, 1.82) is 0 Å². The molecule has 0 aliphatic carbocycles. The Kier molecular flexibility index (Phi) is 6.21. The minimum atomic E-state index is -3.44. The number of rotatable bonds is 6. The molecule has 2 aromatic rings. The number of anilines is 1. The molecule has 1 aromatic heterocycles. The second kappa shape index (κ2) is 8.46. The van der Waals surface area contributed by atoms with Gasteiger partial charge >= 0.3 is 0 Å². The number of sulfonamides is 1. The summed E-state index contributed by atoms with van der Waals surface area (Å²) in [6.07, 6.45) is 3.21. The van der Waals surface area contributed by atoms with E-state index < -0.39 is 16.1 Å². The number of carbonyl (C=O) groups excluding carboxylic acids is 1. The lowest BCUT2D eigenvalue weighted by Gasteiger charge is -2.32. The van der Waals surface area contributed by atoms with Crippen LogP contribution >= 0.6 is 11.3 Å². The van der Waals surface area contributed by atoms with E-state index in [1.807, 2.05) is 17.5 Å². The molecule has 8 nitrogen and oxygen atoms in total. The molecule has 10 heteroatoms. The number of aromatic nitrogens is 1. The van der Waals surface area contributed by atoms with Gasteiger partial charge in [0.1, 0.15) is 17.5 Å². The predicted octanol–water partition coefficient (Wildman–Crippen LogP) is 2.58. The number of piperidine rings is 1. The van der Waals surface area contributed by atoms with Crippen molar-refractivity contribution >= 4 is 32.4 Å². The van der Waals surface area contributed by atoms with Crippen LogP contribution in [0.2, 0.25) is 0 Å². The first-order valence-corrected chi connectivity index (χ1v) is 11.5. The van der Waals surface area contributed by atoms with Crippen LogP contribution in [0.4, 0.5) is 5.13 Å². The lowest BCUT2D eigenvalue weighted by molar-refractivity contribution is -0.120. The summed E-state index contributed by atoms with van der Waals surface area (Å²) < 4.78 is 35.8. The number of thiazole rings is 1. The van der Waals surface area contributed by atoms with E-state index in [4.69, 9.17) is 9.47 Å². The Balaban J connectivity index is 1.78. The molecule has 1 atom stereocenters. The fraction of sp³-hybridized carbons (Fsp3) is 0.444. The maximum absolute atomic E-state index is 12.7. The van der Waals surface area contributed by atoms with Crippen LogP contribution in [0, 0.1) is 0 Å². The van der Waals surface area contributed by atoms with Gasteiger partial charge in [-0.25, -0.2) is 13.4 Å². The van der Waals surface area contributed by atoms with Gasteiger partial charge in [-0.3, -0.25) is 4.79 Å². The Morgan fingerprint density at radius 1 is 1.29 bits per heavy atom. The number of carbonyl (C=O) groups is 1. The lowest BCUT2D eigenvalue weighted by Crippen LogP contribution is -2.49. The number of methoxy groups -OCH3 is 2. The van der Waals surface area contributed by atoms with Crippen LogP contribution in [0.15, 0.2) is 23.6 Å². The normalized spacial score (nSPS) is 17.9. The van der Waals surface area contributed by atoms with E-state index in [1.54, 1.807) is 20.3 Å². The van der Waals surface area contributed by atoms with Gasteiger partial charge in [0.05, 0.1) is 26.2 Å². The highest BCUT2D eigenvalue weighted by Crippen LogP contribution is 2.35. The highest BCUT2D eigenvalue weighted by molar-refractivity contribution is 7.88. The van der Waals surface area contributed by atoms with Gasteiger partial charge in [-0.15, -0.1) is 11.3 Å². The van der Waals surface area contributed by atoms with Gasteiger partial charge in [-0.1, -0.05) is 6.42 Å². The summed E-state index contributed by atoms with van der Waals surface area (Å²) in [7, 11) is -0.294. The van der Waals surface area contributed by atoms with Crippen LogP contribution < -0.4 is 14.8 Å². The standard InChI is InChI=1S/C18H23N3O5S2/c1-25-12-7-8-13(16(10-12)26-2)14-11-27-18(19-14)20-17(22)15-6-4-5-9-21(15)28(3,23)24/h7-8,10-11,15H,4-6,9H2,1-3H3,(H,19,20,22). The summed E-state index contributed by atoms with van der Waals surface area (Å²) in [5, 5.41) is 4.99. The minimum Gasteiger partial charge on any atom is -0.497 e. The lowest BCUT2D eigenvalue weighted by atomic mass is 10.0. The third-order valence-electron chi connectivity index (χ3n) is 4.60. The molecule has 0 saturated carbocycles. The van der Waals surface area contributed by atoms with Gasteiger partial charge in [0.2, 0.25) is 15.9 Å². The fourth-order valence-electron chi connectivity index (χ4n) is 3.22. The van der Waals surface area contributed by atoms with Crippen LogP contribution in [0.25, 0.3) is 11.3 Å². The van der Waals surface area contributed by atoms with E-state index in [2.05, 4.69) is 10.3 Å². The molecule has 2 heterocycles. The van der Waals surface area contributed by atoms with E-state index in [1.165, 1.54) is 15.6 Å². The van der Waals surface area contributed by atoms with Crippen molar-refractivity contribution in [1.82, 2.24) is 9.29 Å². The molecule has 28 heavy (non-hydrogen) atoms. The summed E-state index contributed by atoms with van der Waals surface area (Å²) in [6.45, 7) is 0.364. The molecule has 1 unspecified atom stereocenters. The molecular formula is C18H23N3O5S2. The third kappa shape index (κ3) is 4.45. The zero-order valence-corrected chi connectivity index (χ0v) is 17.6. The van der Waals surface area contributed by atoms with Gasteiger partial charge in [-0.05, 0) is 25.0 Å². The molecule has 1 aromatic carbocycles. The second-order valence-corrected chi connectivity index (χ2v) is 9.27. The molecule has 1 fully saturated rings. The van der Waals surface area contributed by atoms with Crippen LogP contribution in [0.1, 0.15) is 19.3 Å².